The Morgan fingerprint density at radius 2 is 1.82 bits per heavy atom. The number of hydrogen-bond donors (Lipinski definition) is 1. The summed E-state index contributed by atoms with van der Waals surface area (Å²) >= 11 is 6.27. The van der Waals surface area contributed by atoms with E-state index >= 15 is 0 Å². The van der Waals surface area contributed by atoms with Crippen molar-refractivity contribution < 1.29 is 4.79 Å². The number of carbonyl (C=O) groups excluding carboxylic acids is 1. The van der Waals surface area contributed by atoms with Crippen LogP contribution < -0.4 is 5.32 Å². The third-order valence-corrected chi connectivity index (χ3v) is 3.69. The molecule has 0 aliphatic carbocycles. The third-order valence-electron chi connectivity index (χ3n) is 3.37. The number of hydrogen-bond acceptors (Lipinski definition) is 3. The summed E-state index contributed by atoms with van der Waals surface area (Å²) in [7, 11) is 4.09. The first-order chi connectivity index (χ1) is 10.6. The number of nitrogens with zero attached hydrogens (tertiary/aromatic N) is 1. The van der Waals surface area contributed by atoms with Crippen molar-refractivity contribution in [2.75, 3.05) is 32.5 Å². The molecule has 0 saturated carbocycles. The highest BCUT2D eigenvalue weighted by atomic mass is 35.5. The van der Waals surface area contributed by atoms with Gasteiger partial charge in [-0.15, -0.1) is 0 Å². The lowest BCUT2D eigenvalue weighted by Gasteiger charge is -2.14. The molecule has 2 rings (SSSR count). The molecule has 0 bridgehead atoms. The molecule has 0 heterocycles. The lowest BCUT2D eigenvalue weighted by atomic mass is 10.0. The second-order valence-electron chi connectivity index (χ2n) is 5.44. The molecule has 0 unspecified atom stereocenters. The molecule has 0 spiro atoms. The molecular weight excluding hydrogens is 296 g/mol. The van der Waals surface area contributed by atoms with Crippen molar-refractivity contribution in [1.82, 2.24) is 4.90 Å². The molecule has 0 aliphatic heterocycles. The fourth-order valence-corrected chi connectivity index (χ4v) is 2.51. The van der Waals surface area contributed by atoms with Crippen LogP contribution in [0.4, 0.5) is 5.69 Å². The Morgan fingerprint density at radius 1 is 1.09 bits per heavy atom. The maximum Gasteiger partial charge on any atom is 0.196 e. The molecule has 22 heavy (non-hydrogen) atoms. The van der Waals surface area contributed by atoms with E-state index in [4.69, 9.17) is 11.6 Å². The number of carbonyl (C=O) groups is 1. The van der Waals surface area contributed by atoms with Crippen LogP contribution in [0.3, 0.4) is 0 Å². The second kappa shape index (κ2) is 7.97. The van der Waals surface area contributed by atoms with Gasteiger partial charge in [0.2, 0.25) is 0 Å². The molecule has 0 atom stereocenters. The number of benzene rings is 2. The van der Waals surface area contributed by atoms with Gasteiger partial charge in [-0.05, 0) is 39.2 Å². The monoisotopic (exact) mass is 316 g/mol. The molecule has 2 aromatic carbocycles. The van der Waals surface area contributed by atoms with Crippen molar-refractivity contribution in [3.05, 3.63) is 64.7 Å². The molecular formula is C18H21ClN2O. The zero-order valence-corrected chi connectivity index (χ0v) is 13.7. The van der Waals surface area contributed by atoms with Crippen LogP contribution in [0.15, 0.2) is 48.5 Å². The highest BCUT2D eigenvalue weighted by Gasteiger charge is 2.16. The molecule has 3 nitrogen and oxygen atoms in total. The van der Waals surface area contributed by atoms with Gasteiger partial charge < -0.3 is 10.2 Å². The third kappa shape index (κ3) is 4.33. The summed E-state index contributed by atoms with van der Waals surface area (Å²) in [6.07, 6.45) is 0.998. The molecule has 0 aliphatic rings. The van der Waals surface area contributed by atoms with Gasteiger partial charge in [-0.2, -0.15) is 0 Å². The van der Waals surface area contributed by atoms with Crippen molar-refractivity contribution in [3.63, 3.8) is 0 Å². The Balaban J connectivity index is 2.18. The van der Waals surface area contributed by atoms with E-state index in [1.165, 1.54) is 0 Å². The zero-order chi connectivity index (χ0) is 15.9. The summed E-state index contributed by atoms with van der Waals surface area (Å²) in [5, 5.41) is 3.81. The largest absolute Gasteiger partial charge is 0.384 e. The van der Waals surface area contributed by atoms with Gasteiger partial charge in [-0.25, -0.2) is 0 Å². The molecule has 0 aromatic heterocycles. The summed E-state index contributed by atoms with van der Waals surface area (Å²) in [5.74, 6) is -0.0543. The molecule has 0 amide bonds. The number of ketones is 1. The Kier molecular flexibility index (Phi) is 5.99. The Morgan fingerprint density at radius 3 is 2.50 bits per heavy atom. The van der Waals surface area contributed by atoms with Gasteiger partial charge in [0, 0.05) is 17.8 Å². The van der Waals surface area contributed by atoms with E-state index in [0.29, 0.717) is 16.1 Å². The van der Waals surface area contributed by atoms with E-state index in [-0.39, 0.29) is 5.78 Å². The van der Waals surface area contributed by atoms with Crippen molar-refractivity contribution in [3.8, 4) is 0 Å². The zero-order valence-electron chi connectivity index (χ0n) is 13.0. The fraction of sp³-hybridized carbons (Fsp3) is 0.278. The quantitative estimate of drug-likeness (QED) is 0.620. The van der Waals surface area contributed by atoms with Crippen LogP contribution in [-0.4, -0.2) is 37.9 Å². The summed E-state index contributed by atoms with van der Waals surface area (Å²) < 4.78 is 0. The molecule has 0 fully saturated rings. The number of halogens is 1. The maximum absolute atomic E-state index is 12.7. The van der Waals surface area contributed by atoms with Crippen LogP contribution >= 0.6 is 11.6 Å². The molecule has 2 aromatic rings. The highest BCUT2D eigenvalue weighted by Crippen LogP contribution is 2.27. The Labute approximate surface area is 136 Å². The van der Waals surface area contributed by atoms with E-state index in [9.17, 15) is 4.79 Å². The van der Waals surface area contributed by atoms with Gasteiger partial charge in [0.25, 0.3) is 0 Å². The van der Waals surface area contributed by atoms with Gasteiger partial charge in [0.05, 0.1) is 10.6 Å². The number of nitrogens with one attached hydrogen (secondary N) is 1. The minimum absolute atomic E-state index is 0.0543. The number of rotatable bonds is 7. The topological polar surface area (TPSA) is 32.3 Å². The summed E-state index contributed by atoms with van der Waals surface area (Å²) in [4.78, 5) is 14.8. The van der Waals surface area contributed by atoms with E-state index < -0.39 is 0 Å². The SMILES string of the molecule is CN(C)CCCNc1cccc(Cl)c1C(=O)c1ccccc1. The summed E-state index contributed by atoms with van der Waals surface area (Å²) in [6.45, 7) is 1.79. The van der Waals surface area contributed by atoms with Crippen molar-refractivity contribution in [1.29, 1.82) is 0 Å². The van der Waals surface area contributed by atoms with Crippen molar-refractivity contribution in [2.45, 2.75) is 6.42 Å². The van der Waals surface area contributed by atoms with E-state index in [1.807, 2.05) is 56.6 Å². The van der Waals surface area contributed by atoms with Gasteiger partial charge >= 0.3 is 0 Å². The first kappa shape index (κ1) is 16.5. The van der Waals surface area contributed by atoms with Crippen LogP contribution in [-0.2, 0) is 0 Å². The van der Waals surface area contributed by atoms with Crippen LogP contribution in [0.1, 0.15) is 22.3 Å². The first-order valence-corrected chi connectivity index (χ1v) is 7.74. The predicted molar refractivity (Wildman–Crippen MR) is 93.0 cm³/mol. The molecule has 0 radical (unpaired) electrons. The maximum atomic E-state index is 12.7. The van der Waals surface area contributed by atoms with Crippen LogP contribution in [0, 0.1) is 0 Å². The standard InChI is InChI=1S/C18H21ClN2O/c1-21(2)13-7-12-20-16-11-6-10-15(19)17(16)18(22)14-8-4-3-5-9-14/h3-6,8-11,20H,7,12-13H2,1-2H3. The average molecular weight is 317 g/mol. The molecule has 4 heteroatoms. The Hall–Kier alpha value is -1.84. The van der Waals surface area contributed by atoms with Gasteiger partial charge in [-0.1, -0.05) is 48.0 Å². The molecule has 1 N–H and O–H groups in total. The smallest absolute Gasteiger partial charge is 0.196 e. The van der Waals surface area contributed by atoms with Gasteiger partial charge in [-0.3, -0.25) is 4.79 Å². The predicted octanol–water partition coefficient (Wildman–Crippen LogP) is 3.93. The Bertz CT molecular complexity index is 626. The van der Waals surface area contributed by atoms with Gasteiger partial charge in [0.15, 0.2) is 5.78 Å². The lowest BCUT2D eigenvalue weighted by Crippen LogP contribution is -2.17. The first-order valence-electron chi connectivity index (χ1n) is 7.36. The van der Waals surface area contributed by atoms with E-state index in [0.717, 1.165) is 25.2 Å². The summed E-state index contributed by atoms with van der Waals surface area (Å²) in [6, 6.07) is 14.7. The lowest BCUT2D eigenvalue weighted by molar-refractivity contribution is 0.103. The summed E-state index contributed by atoms with van der Waals surface area (Å²) in [5.41, 5.74) is 1.98. The molecule has 116 valence electrons. The van der Waals surface area contributed by atoms with Crippen LogP contribution in [0.2, 0.25) is 5.02 Å². The fourth-order valence-electron chi connectivity index (χ4n) is 2.25. The highest BCUT2D eigenvalue weighted by molar-refractivity contribution is 6.36. The minimum atomic E-state index is -0.0543. The van der Waals surface area contributed by atoms with Crippen LogP contribution in [0.25, 0.3) is 0 Å². The second-order valence-corrected chi connectivity index (χ2v) is 5.85. The van der Waals surface area contributed by atoms with E-state index in [2.05, 4.69) is 10.2 Å². The van der Waals surface area contributed by atoms with Gasteiger partial charge in [0.1, 0.15) is 0 Å². The average Bonchev–Trinajstić information content (AvgIpc) is 2.52. The van der Waals surface area contributed by atoms with E-state index in [1.54, 1.807) is 6.07 Å². The molecule has 0 saturated heterocycles. The minimum Gasteiger partial charge on any atom is -0.384 e. The van der Waals surface area contributed by atoms with Crippen molar-refractivity contribution in [2.24, 2.45) is 0 Å². The normalized spacial score (nSPS) is 10.7. The van der Waals surface area contributed by atoms with Crippen molar-refractivity contribution >= 4 is 23.1 Å². The van der Waals surface area contributed by atoms with Crippen LogP contribution in [0.5, 0.6) is 0 Å². The number of anilines is 1.